The highest BCUT2D eigenvalue weighted by Gasteiger charge is 2.20. The molecule has 0 aliphatic carbocycles. The molecule has 0 saturated carbocycles. The Morgan fingerprint density at radius 1 is 1.42 bits per heavy atom. The molecular formula is C14H18FNO3. The van der Waals surface area contributed by atoms with Gasteiger partial charge in [-0.25, -0.2) is 9.18 Å². The number of carbonyl (C=O) groups is 2. The minimum atomic E-state index is -0.813. The first-order chi connectivity index (χ1) is 8.81. The summed E-state index contributed by atoms with van der Waals surface area (Å²) in [6.07, 6.45) is -0.0351. The molecule has 0 fully saturated rings. The third-order valence-electron chi connectivity index (χ3n) is 2.26. The van der Waals surface area contributed by atoms with Crippen LogP contribution >= 0.6 is 0 Å². The van der Waals surface area contributed by atoms with Crippen molar-refractivity contribution in [1.29, 1.82) is 0 Å². The van der Waals surface area contributed by atoms with Crippen molar-refractivity contribution < 1.29 is 18.7 Å². The molecule has 1 unspecified atom stereocenters. The molecule has 0 radical (unpaired) electrons. The molecule has 0 spiro atoms. The zero-order valence-corrected chi connectivity index (χ0v) is 11.3. The van der Waals surface area contributed by atoms with Gasteiger partial charge in [-0.3, -0.25) is 0 Å². The molecule has 0 heterocycles. The maximum atomic E-state index is 13.4. The number of rotatable bonds is 4. The minimum absolute atomic E-state index is 0.0927. The van der Waals surface area contributed by atoms with Gasteiger partial charge in [-0.05, 0) is 32.4 Å². The number of aldehydes is 1. The molecule has 1 aromatic carbocycles. The topological polar surface area (TPSA) is 55.4 Å². The van der Waals surface area contributed by atoms with Crippen LogP contribution in [0.2, 0.25) is 0 Å². The fourth-order valence-electron chi connectivity index (χ4n) is 1.49. The Balaban J connectivity index is 2.62. The molecule has 0 saturated heterocycles. The van der Waals surface area contributed by atoms with E-state index in [0.29, 0.717) is 11.8 Å². The van der Waals surface area contributed by atoms with Crippen molar-refractivity contribution >= 4 is 12.4 Å². The lowest BCUT2D eigenvalue weighted by Gasteiger charge is -2.21. The second-order valence-electron chi connectivity index (χ2n) is 5.18. The van der Waals surface area contributed by atoms with Crippen LogP contribution in [0.4, 0.5) is 9.18 Å². The molecule has 1 N–H and O–H groups in total. The van der Waals surface area contributed by atoms with Gasteiger partial charge in [0.05, 0.1) is 6.04 Å². The van der Waals surface area contributed by atoms with Crippen LogP contribution in [0, 0.1) is 5.82 Å². The smallest absolute Gasteiger partial charge is 0.408 e. The summed E-state index contributed by atoms with van der Waals surface area (Å²) >= 11 is 0. The summed E-state index contributed by atoms with van der Waals surface area (Å²) in [7, 11) is 0. The molecule has 0 aliphatic heterocycles. The minimum Gasteiger partial charge on any atom is -0.444 e. The normalized spacial score (nSPS) is 12.6. The molecular weight excluding hydrogens is 249 g/mol. The van der Waals surface area contributed by atoms with E-state index in [1.54, 1.807) is 39.0 Å². The first-order valence-corrected chi connectivity index (χ1v) is 6.00. The molecule has 1 aromatic rings. The molecule has 1 amide bonds. The Morgan fingerprint density at radius 3 is 2.58 bits per heavy atom. The Hall–Kier alpha value is -1.91. The third-order valence-corrected chi connectivity index (χ3v) is 2.26. The van der Waals surface area contributed by atoms with Gasteiger partial charge in [0, 0.05) is 6.42 Å². The summed E-state index contributed by atoms with van der Waals surface area (Å²) in [5, 5.41) is 2.40. The van der Waals surface area contributed by atoms with Gasteiger partial charge in [0.25, 0.3) is 0 Å². The van der Waals surface area contributed by atoms with Gasteiger partial charge in [-0.1, -0.05) is 18.2 Å². The average Bonchev–Trinajstić information content (AvgIpc) is 2.28. The van der Waals surface area contributed by atoms with Crippen LogP contribution in [0.1, 0.15) is 26.3 Å². The zero-order chi connectivity index (χ0) is 14.5. The molecule has 5 heteroatoms. The third kappa shape index (κ3) is 5.50. The summed E-state index contributed by atoms with van der Waals surface area (Å²) in [6, 6.07) is 5.31. The Kier molecular flexibility index (Phi) is 5.03. The van der Waals surface area contributed by atoms with Crippen LogP contribution < -0.4 is 5.32 Å². The number of hydrogen-bond acceptors (Lipinski definition) is 3. The first-order valence-electron chi connectivity index (χ1n) is 6.00. The van der Waals surface area contributed by atoms with Crippen molar-refractivity contribution in [2.75, 3.05) is 0 Å². The Morgan fingerprint density at radius 2 is 2.05 bits per heavy atom. The Labute approximate surface area is 112 Å². The quantitative estimate of drug-likeness (QED) is 0.852. The standard InChI is InChI=1S/C14H18FNO3/c1-14(2,3)19-13(18)16-11(9-17)8-10-6-4-5-7-12(10)15/h4-7,9,11H,8H2,1-3H3,(H,16,18). The predicted octanol–water partition coefficient (Wildman–Crippen LogP) is 2.46. The second-order valence-corrected chi connectivity index (χ2v) is 5.18. The van der Waals surface area contributed by atoms with Crippen molar-refractivity contribution in [3.05, 3.63) is 35.6 Å². The number of halogens is 1. The second kappa shape index (κ2) is 6.31. The van der Waals surface area contributed by atoms with Crippen LogP contribution in [-0.4, -0.2) is 24.0 Å². The van der Waals surface area contributed by atoms with E-state index in [1.807, 2.05) is 0 Å². The van der Waals surface area contributed by atoms with Crippen molar-refractivity contribution in [2.24, 2.45) is 0 Å². The van der Waals surface area contributed by atoms with Gasteiger partial charge in [0.1, 0.15) is 17.7 Å². The van der Waals surface area contributed by atoms with Gasteiger partial charge in [0.15, 0.2) is 0 Å². The molecule has 4 nitrogen and oxygen atoms in total. The molecule has 1 rings (SSSR count). The van der Waals surface area contributed by atoms with Crippen molar-refractivity contribution in [3.8, 4) is 0 Å². The van der Waals surface area contributed by atoms with Gasteiger partial charge in [-0.15, -0.1) is 0 Å². The van der Waals surface area contributed by atoms with Crippen molar-refractivity contribution in [3.63, 3.8) is 0 Å². The number of alkyl carbamates (subject to hydrolysis) is 1. The maximum absolute atomic E-state index is 13.4. The summed E-state index contributed by atoms with van der Waals surface area (Å²) < 4.78 is 18.5. The lowest BCUT2D eigenvalue weighted by atomic mass is 10.1. The number of carbonyl (C=O) groups excluding carboxylic acids is 2. The fraction of sp³-hybridized carbons (Fsp3) is 0.429. The largest absolute Gasteiger partial charge is 0.444 e. The van der Waals surface area contributed by atoms with E-state index in [-0.39, 0.29) is 6.42 Å². The van der Waals surface area contributed by atoms with E-state index < -0.39 is 23.6 Å². The van der Waals surface area contributed by atoms with Crippen molar-refractivity contribution in [1.82, 2.24) is 5.32 Å². The average molecular weight is 267 g/mol. The monoisotopic (exact) mass is 267 g/mol. The van der Waals surface area contributed by atoms with E-state index >= 15 is 0 Å². The molecule has 104 valence electrons. The van der Waals surface area contributed by atoms with E-state index in [2.05, 4.69) is 5.32 Å². The van der Waals surface area contributed by atoms with Gasteiger partial charge in [-0.2, -0.15) is 0 Å². The van der Waals surface area contributed by atoms with E-state index in [1.165, 1.54) is 6.07 Å². The first kappa shape index (κ1) is 15.1. The van der Waals surface area contributed by atoms with Crippen LogP contribution in [-0.2, 0) is 16.0 Å². The molecule has 0 aliphatic rings. The van der Waals surface area contributed by atoms with Gasteiger partial charge >= 0.3 is 6.09 Å². The van der Waals surface area contributed by atoms with Crippen molar-refractivity contribution in [2.45, 2.75) is 38.8 Å². The number of nitrogens with one attached hydrogen (secondary N) is 1. The highest BCUT2D eigenvalue weighted by atomic mass is 19.1. The van der Waals surface area contributed by atoms with Crippen LogP contribution in [0.3, 0.4) is 0 Å². The molecule has 0 bridgehead atoms. The molecule has 0 aromatic heterocycles. The summed E-state index contributed by atoms with van der Waals surface area (Å²) in [6.45, 7) is 5.16. The summed E-state index contributed by atoms with van der Waals surface area (Å²) in [5.41, 5.74) is -0.272. The predicted molar refractivity (Wildman–Crippen MR) is 69.3 cm³/mol. The van der Waals surface area contributed by atoms with E-state index in [4.69, 9.17) is 4.74 Å². The lowest BCUT2D eigenvalue weighted by molar-refractivity contribution is -0.109. The summed E-state index contributed by atoms with van der Waals surface area (Å²) in [4.78, 5) is 22.4. The summed E-state index contributed by atoms with van der Waals surface area (Å²) in [5.74, 6) is -0.402. The SMILES string of the molecule is CC(C)(C)OC(=O)NC(C=O)Cc1ccccc1F. The van der Waals surface area contributed by atoms with E-state index in [9.17, 15) is 14.0 Å². The van der Waals surface area contributed by atoms with Gasteiger partial charge in [0.2, 0.25) is 0 Å². The van der Waals surface area contributed by atoms with Gasteiger partial charge < -0.3 is 14.8 Å². The number of hydrogen-bond donors (Lipinski definition) is 1. The van der Waals surface area contributed by atoms with Crippen LogP contribution in [0.5, 0.6) is 0 Å². The lowest BCUT2D eigenvalue weighted by Crippen LogP contribution is -2.41. The van der Waals surface area contributed by atoms with E-state index in [0.717, 1.165) is 0 Å². The van der Waals surface area contributed by atoms with Crippen LogP contribution in [0.25, 0.3) is 0 Å². The fourth-order valence-corrected chi connectivity index (χ4v) is 1.49. The number of amides is 1. The molecule has 19 heavy (non-hydrogen) atoms. The number of ether oxygens (including phenoxy) is 1. The highest BCUT2D eigenvalue weighted by Crippen LogP contribution is 2.10. The molecule has 1 atom stereocenters. The zero-order valence-electron chi connectivity index (χ0n) is 11.3. The van der Waals surface area contributed by atoms with Crippen LogP contribution in [0.15, 0.2) is 24.3 Å². The Bertz CT molecular complexity index is 454. The number of benzene rings is 1. The highest BCUT2D eigenvalue weighted by molar-refractivity contribution is 5.73. The maximum Gasteiger partial charge on any atom is 0.408 e.